The number of carboxylic acid groups (broad SMARTS) is 1. The molecule has 142 valence electrons. The lowest BCUT2D eigenvalue weighted by molar-refractivity contribution is -0.153. The molecule has 2 amide bonds. The van der Waals surface area contributed by atoms with E-state index in [0.717, 1.165) is 0 Å². The molecule has 1 aliphatic heterocycles. The molecule has 26 heavy (non-hydrogen) atoms. The number of carboxylic acids is 1. The standard InChI is InChI=1S/C19H27N3O4/c1-12(2)10-15(20)18(24)22-9-8-14(11-16(22)19(25)26)21-17(23)13-6-4-3-5-7-13/h3-7,12,14-16H,8-11,20H2,1-2H3,(H,21,23)(H,25,26). The Bertz CT molecular complexity index is 647. The van der Waals surface area contributed by atoms with Gasteiger partial charge in [0.25, 0.3) is 5.91 Å². The second-order valence-corrected chi connectivity index (χ2v) is 7.18. The average Bonchev–Trinajstić information content (AvgIpc) is 2.61. The van der Waals surface area contributed by atoms with Crippen molar-refractivity contribution in [1.29, 1.82) is 0 Å². The Hall–Kier alpha value is -2.41. The van der Waals surface area contributed by atoms with Crippen LogP contribution in [-0.4, -0.2) is 52.5 Å². The molecule has 3 atom stereocenters. The Balaban J connectivity index is 2.02. The van der Waals surface area contributed by atoms with Crippen molar-refractivity contribution in [1.82, 2.24) is 10.2 Å². The van der Waals surface area contributed by atoms with E-state index in [4.69, 9.17) is 5.73 Å². The minimum Gasteiger partial charge on any atom is -0.480 e. The molecule has 1 aromatic carbocycles. The molecule has 7 nitrogen and oxygen atoms in total. The molecular weight excluding hydrogens is 334 g/mol. The first-order chi connectivity index (χ1) is 12.3. The minimum atomic E-state index is -1.08. The van der Waals surface area contributed by atoms with E-state index in [0.29, 0.717) is 18.4 Å². The van der Waals surface area contributed by atoms with Crippen molar-refractivity contribution in [2.75, 3.05) is 6.54 Å². The highest BCUT2D eigenvalue weighted by atomic mass is 16.4. The van der Waals surface area contributed by atoms with Gasteiger partial charge in [0.05, 0.1) is 6.04 Å². The summed E-state index contributed by atoms with van der Waals surface area (Å²) in [7, 11) is 0. The molecule has 1 aromatic rings. The molecule has 0 radical (unpaired) electrons. The fourth-order valence-corrected chi connectivity index (χ4v) is 3.27. The predicted molar refractivity (Wildman–Crippen MR) is 97.5 cm³/mol. The SMILES string of the molecule is CC(C)CC(N)C(=O)N1CCC(NC(=O)c2ccccc2)CC1C(=O)O. The highest BCUT2D eigenvalue weighted by Gasteiger charge is 2.38. The van der Waals surface area contributed by atoms with E-state index < -0.39 is 18.1 Å². The van der Waals surface area contributed by atoms with Crippen molar-refractivity contribution in [3.63, 3.8) is 0 Å². The lowest BCUT2D eigenvalue weighted by atomic mass is 9.94. The molecule has 2 rings (SSSR count). The van der Waals surface area contributed by atoms with Crippen LogP contribution in [0.4, 0.5) is 0 Å². The zero-order chi connectivity index (χ0) is 19.3. The van der Waals surface area contributed by atoms with Crippen molar-refractivity contribution < 1.29 is 19.5 Å². The third-order valence-electron chi connectivity index (χ3n) is 4.58. The first-order valence-corrected chi connectivity index (χ1v) is 8.94. The first kappa shape index (κ1) is 19.9. The molecule has 1 aliphatic rings. The summed E-state index contributed by atoms with van der Waals surface area (Å²) in [4.78, 5) is 37.8. The minimum absolute atomic E-state index is 0.175. The summed E-state index contributed by atoms with van der Waals surface area (Å²) in [6.45, 7) is 4.20. The van der Waals surface area contributed by atoms with Crippen LogP contribution in [0.1, 0.15) is 43.5 Å². The van der Waals surface area contributed by atoms with Crippen LogP contribution < -0.4 is 11.1 Å². The monoisotopic (exact) mass is 361 g/mol. The molecule has 1 saturated heterocycles. The fraction of sp³-hybridized carbons (Fsp3) is 0.526. The Labute approximate surface area is 153 Å². The van der Waals surface area contributed by atoms with Crippen LogP contribution >= 0.6 is 0 Å². The number of piperidine rings is 1. The van der Waals surface area contributed by atoms with Gasteiger partial charge in [0.15, 0.2) is 0 Å². The molecule has 1 heterocycles. The summed E-state index contributed by atoms with van der Waals surface area (Å²) >= 11 is 0. The molecule has 0 bridgehead atoms. The Morgan fingerprint density at radius 3 is 2.50 bits per heavy atom. The Kier molecular flexibility index (Phi) is 6.74. The number of rotatable bonds is 6. The van der Waals surface area contributed by atoms with Gasteiger partial charge in [-0.1, -0.05) is 32.0 Å². The van der Waals surface area contributed by atoms with E-state index in [1.807, 2.05) is 19.9 Å². The molecule has 0 aliphatic carbocycles. The molecule has 3 unspecified atom stereocenters. The van der Waals surface area contributed by atoms with E-state index in [-0.39, 0.29) is 36.7 Å². The van der Waals surface area contributed by atoms with Gasteiger partial charge >= 0.3 is 5.97 Å². The molecule has 1 fully saturated rings. The van der Waals surface area contributed by atoms with Gasteiger partial charge in [0, 0.05) is 18.2 Å². The molecular formula is C19H27N3O4. The summed E-state index contributed by atoms with van der Waals surface area (Å²) in [5.74, 6) is -1.40. The predicted octanol–water partition coefficient (Wildman–Crippen LogP) is 1.23. The Morgan fingerprint density at radius 2 is 1.92 bits per heavy atom. The van der Waals surface area contributed by atoms with Crippen LogP contribution in [0, 0.1) is 5.92 Å². The van der Waals surface area contributed by atoms with E-state index >= 15 is 0 Å². The molecule has 0 aromatic heterocycles. The van der Waals surface area contributed by atoms with E-state index in [1.54, 1.807) is 24.3 Å². The lowest BCUT2D eigenvalue weighted by Crippen LogP contribution is -2.58. The summed E-state index contributed by atoms with van der Waals surface area (Å²) in [6.07, 6.45) is 1.19. The fourth-order valence-electron chi connectivity index (χ4n) is 3.27. The highest BCUT2D eigenvalue weighted by molar-refractivity contribution is 5.94. The average molecular weight is 361 g/mol. The van der Waals surface area contributed by atoms with Gasteiger partial charge in [0.2, 0.25) is 5.91 Å². The van der Waals surface area contributed by atoms with Gasteiger partial charge in [-0.2, -0.15) is 0 Å². The van der Waals surface area contributed by atoms with Crippen LogP contribution in [-0.2, 0) is 9.59 Å². The van der Waals surface area contributed by atoms with Gasteiger partial charge in [-0.05, 0) is 37.3 Å². The normalized spacial score (nSPS) is 21.3. The van der Waals surface area contributed by atoms with Gasteiger partial charge in [-0.3, -0.25) is 9.59 Å². The summed E-state index contributed by atoms with van der Waals surface area (Å²) < 4.78 is 0. The number of hydrogen-bond donors (Lipinski definition) is 3. The van der Waals surface area contributed by atoms with Crippen LogP contribution in [0.3, 0.4) is 0 Å². The second-order valence-electron chi connectivity index (χ2n) is 7.18. The van der Waals surface area contributed by atoms with Gasteiger partial charge in [-0.25, -0.2) is 4.79 Å². The van der Waals surface area contributed by atoms with Gasteiger partial charge in [-0.15, -0.1) is 0 Å². The smallest absolute Gasteiger partial charge is 0.326 e. The topological polar surface area (TPSA) is 113 Å². The molecule has 0 saturated carbocycles. The number of carbonyl (C=O) groups excluding carboxylic acids is 2. The second kappa shape index (κ2) is 8.80. The number of benzene rings is 1. The number of hydrogen-bond acceptors (Lipinski definition) is 4. The quantitative estimate of drug-likeness (QED) is 0.705. The van der Waals surface area contributed by atoms with Crippen LogP contribution in [0.2, 0.25) is 0 Å². The number of nitrogens with one attached hydrogen (secondary N) is 1. The van der Waals surface area contributed by atoms with E-state index in [9.17, 15) is 19.5 Å². The number of aliphatic carboxylic acids is 1. The van der Waals surface area contributed by atoms with Crippen molar-refractivity contribution >= 4 is 17.8 Å². The van der Waals surface area contributed by atoms with Gasteiger partial charge in [0.1, 0.15) is 6.04 Å². The summed E-state index contributed by atoms with van der Waals surface area (Å²) in [5.41, 5.74) is 6.47. The maximum Gasteiger partial charge on any atom is 0.326 e. The molecule has 0 spiro atoms. The molecule has 4 N–H and O–H groups in total. The highest BCUT2D eigenvalue weighted by Crippen LogP contribution is 2.20. The van der Waals surface area contributed by atoms with E-state index in [1.165, 1.54) is 4.90 Å². The van der Waals surface area contributed by atoms with Crippen molar-refractivity contribution in [3.05, 3.63) is 35.9 Å². The third kappa shape index (κ3) is 5.05. The summed E-state index contributed by atoms with van der Waals surface area (Å²) in [6, 6.07) is 6.79. The third-order valence-corrected chi connectivity index (χ3v) is 4.58. The number of amides is 2. The van der Waals surface area contributed by atoms with Gasteiger partial charge < -0.3 is 21.1 Å². The number of carbonyl (C=O) groups is 3. The maximum atomic E-state index is 12.5. The lowest BCUT2D eigenvalue weighted by Gasteiger charge is -2.38. The molecule has 7 heteroatoms. The zero-order valence-corrected chi connectivity index (χ0v) is 15.2. The van der Waals surface area contributed by atoms with Crippen LogP contribution in [0.5, 0.6) is 0 Å². The first-order valence-electron chi connectivity index (χ1n) is 8.94. The van der Waals surface area contributed by atoms with E-state index in [2.05, 4.69) is 5.32 Å². The summed E-state index contributed by atoms with van der Waals surface area (Å²) in [5, 5.41) is 12.4. The number of likely N-dealkylation sites (tertiary alicyclic amines) is 1. The number of nitrogens with zero attached hydrogens (tertiary/aromatic N) is 1. The van der Waals surface area contributed by atoms with Crippen molar-refractivity contribution in [2.45, 2.75) is 51.2 Å². The Morgan fingerprint density at radius 1 is 1.27 bits per heavy atom. The van der Waals surface area contributed by atoms with Crippen molar-refractivity contribution in [3.8, 4) is 0 Å². The maximum absolute atomic E-state index is 12.5. The largest absolute Gasteiger partial charge is 0.480 e. The zero-order valence-electron chi connectivity index (χ0n) is 15.2. The van der Waals surface area contributed by atoms with Crippen LogP contribution in [0.25, 0.3) is 0 Å². The van der Waals surface area contributed by atoms with Crippen molar-refractivity contribution in [2.24, 2.45) is 11.7 Å². The van der Waals surface area contributed by atoms with Crippen LogP contribution in [0.15, 0.2) is 30.3 Å². The number of nitrogens with two attached hydrogens (primary N) is 1.